The SMILES string of the molecule is CN1C(=O)N(C)C(=O)C(Cc2ccccc2)(OO)C1=O. The number of hydrogen-bond donors (Lipinski definition) is 1. The van der Waals surface area contributed by atoms with Crippen LogP contribution in [-0.4, -0.2) is 52.6 Å². The highest BCUT2D eigenvalue weighted by Gasteiger charge is 2.57. The van der Waals surface area contributed by atoms with Crippen LogP contribution in [0.25, 0.3) is 0 Å². The second-order valence-corrected chi connectivity index (χ2v) is 4.59. The first kappa shape index (κ1) is 14.2. The van der Waals surface area contributed by atoms with E-state index in [1.165, 1.54) is 14.1 Å². The van der Waals surface area contributed by atoms with Gasteiger partial charge in [0.25, 0.3) is 17.4 Å². The molecule has 0 aliphatic carbocycles. The van der Waals surface area contributed by atoms with Gasteiger partial charge in [-0.25, -0.2) is 9.68 Å². The third kappa shape index (κ3) is 1.97. The largest absolute Gasteiger partial charge is 0.333 e. The highest BCUT2D eigenvalue weighted by atomic mass is 17.1. The Kier molecular flexibility index (Phi) is 3.56. The monoisotopic (exact) mass is 278 g/mol. The number of carbonyl (C=O) groups excluding carboxylic acids is 3. The molecule has 0 saturated carbocycles. The number of benzene rings is 1. The predicted molar refractivity (Wildman–Crippen MR) is 67.5 cm³/mol. The van der Waals surface area contributed by atoms with Crippen LogP contribution in [0.2, 0.25) is 0 Å². The molecule has 0 bridgehead atoms. The van der Waals surface area contributed by atoms with Crippen LogP contribution in [0.1, 0.15) is 5.56 Å². The van der Waals surface area contributed by atoms with Crippen molar-refractivity contribution in [2.45, 2.75) is 12.0 Å². The van der Waals surface area contributed by atoms with Crippen molar-refractivity contribution < 1.29 is 24.5 Å². The minimum atomic E-state index is -2.13. The molecule has 20 heavy (non-hydrogen) atoms. The third-order valence-corrected chi connectivity index (χ3v) is 3.33. The number of carbonyl (C=O) groups is 3. The molecule has 106 valence electrons. The van der Waals surface area contributed by atoms with E-state index in [2.05, 4.69) is 4.89 Å². The van der Waals surface area contributed by atoms with Gasteiger partial charge in [-0.05, 0) is 5.56 Å². The van der Waals surface area contributed by atoms with Crippen LogP contribution in [0.5, 0.6) is 0 Å². The van der Waals surface area contributed by atoms with Crippen LogP contribution in [0.15, 0.2) is 30.3 Å². The molecule has 7 nitrogen and oxygen atoms in total. The van der Waals surface area contributed by atoms with Gasteiger partial charge in [0.1, 0.15) is 0 Å². The second kappa shape index (κ2) is 5.03. The summed E-state index contributed by atoms with van der Waals surface area (Å²) in [5.41, 5.74) is -1.50. The topological polar surface area (TPSA) is 87.2 Å². The maximum atomic E-state index is 12.2. The summed E-state index contributed by atoms with van der Waals surface area (Å²) in [6.45, 7) is 0. The normalized spacial score (nSPS) is 18.6. The molecule has 0 atom stereocenters. The highest BCUT2D eigenvalue weighted by molar-refractivity contribution is 6.21. The van der Waals surface area contributed by atoms with Gasteiger partial charge < -0.3 is 0 Å². The first-order valence-corrected chi connectivity index (χ1v) is 5.91. The molecule has 7 heteroatoms. The number of amides is 4. The summed E-state index contributed by atoms with van der Waals surface area (Å²) in [7, 11) is 2.46. The second-order valence-electron chi connectivity index (χ2n) is 4.59. The van der Waals surface area contributed by atoms with Crippen molar-refractivity contribution in [3.63, 3.8) is 0 Å². The Bertz CT molecular complexity index is 533. The molecule has 1 saturated heterocycles. The van der Waals surface area contributed by atoms with Crippen LogP contribution >= 0.6 is 0 Å². The molecule has 0 spiro atoms. The van der Waals surface area contributed by atoms with Gasteiger partial charge in [0.2, 0.25) is 0 Å². The van der Waals surface area contributed by atoms with Crippen molar-refractivity contribution >= 4 is 17.8 Å². The lowest BCUT2D eigenvalue weighted by molar-refractivity contribution is -0.307. The fourth-order valence-electron chi connectivity index (χ4n) is 2.18. The lowest BCUT2D eigenvalue weighted by atomic mass is 9.90. The smallest absolute Gasteiger partial charge is 0.270 e. The van der Waals surface area contributed by atoms with Crippen molar-refractivity contribution in [2.24, 2.45) is 0 Å². The molecule has 2 rings (SSSR count). The van der Waals surface area contributed by atoms with Gasteiger partial charge in [-0.15, -0.1) is 0 Å². The fourth-order valence-corrected chi connectivity index (χ4v) is 2.18. The summed E-state index contributed by atoms with van der Waals surface area (Å²) < 4.78 is 0. The molecule has 4 amide bonds. The van der Waals surface area contributed by atoms with Crippen LogP contribution < -0.4 is 0 Å². The van der Waals surface area contributed by atoms with Crippen molar-refractivity contribution in [2.75, 3.05) is 14.1 Å². The summed E-state index contributed by atoms with van der Waals surface area (Å²) in [6, 6.07) is 7.87. The molecule has 1 heterocycles. The Morgan fingerprint density at radius 1 is 1.05 bits per heavy atom. The zero-order valence-corrected chi connectivity index (χ0v) is 11.1. The quantitative estimate of drug-likeness (QED) is 0.494. The molecule has 1 aliphatic rings. The number of urea groups is 1. The zero-order chi connectivity index (χ0) is 14.9. The highest BCUT2D eigenvalue weighted by Crippen LogP contribution is 2.27. The Labute approximate surface area is 115 Å². The van der Waals surface area contributed by atoms with E-state index < -0.39 is 23.4 Å². The minimum Gasteiger partial charge on any atom is -0.270 e. The summed E-state index contributed by atoms with van der Waals surface area (Å²) in [5, 5.41) is 9.16. The van der Waals surface area contributed by atoms with Gasteiger partial charge in [-0.3, -0.25) is 24.6 Å². The standard InChI is InChI=1S/C13H14N2O5/c1-14-10(16)13(20-19,11(17)15(2)12(14)18)8-9-6-4-3-5-7-9/h3-7,19H,8H2,1-2H3. The van der Waals surface area contributed by atoms with Crippen LogP contribution in [0.3, 0.4) is 0 Å². The van der Waals surface area contributed by atoms with Gasteiger partial charge >= 0.3 is 6.03 Å². The van der Waals surface area contributed by atoms with E-state index in [0.717, 1.165) is 9.80 Å². The third-order valence-electron chi connectivity index (χ3n) is 3.33. The molecule has 1 N–H and O–H groups in total. The average molecular weight is 278 g/mol. The Morgan fingerprint density at radius 2 is 1.55 bits per heavy atom. The molecule has 0 radical (unpaired) electrons. The van der Waals surface area contributed by atoms with Gasteiger partial charge in [0.05, 0.1) is 0 Å². The molecular weight excluding hydrogens is 264 g/mol. The van der Waals surface area contributed by atoms with E-state index in [1.54, 1.807) is 30.3 Å². The number of likely N-dealkylation sites (N-methyl/N-ethyl adjacent to an activating group) is 2. The van der Waals surface area contributed by atoms with Crippen molar-refractivity contribution in [1.82, 2.24) is 9.80 Å². The fraction of sp³-hybridized carbons (Fsp3) is 0.308. The first-order valence-electron chi connectivity index (χ1n) is 5.91. The average Bonchev–Trinajstić information content (AvgIpc) is 2.49. The minimum absolute atomic E-state index is 0.163. The number of nitrogens with zero attached hydrogens (tertiary/aromatic N) is 2. The Hall–Kier alpha value is -2.25. The van der Waals surface area contributed by atoms with Crippen molar-refractivity contribution in [1.29, 1.82) is 0 Å². The molecule has 1 aromatic carbocycles. The van der Waals surface area contributed by atoms with Gasteiger partial charge in [-0.2, -0.15) is 0 Å². The van der Waals surface area contributed by atoms with Crippen molar-refractivity contribution in [3.8, 4) is 0 Å². The summed E-state index contributed by atoms with van der Waals surface area (Å²) in [4.78, 5) is 41.9. The molecule has 1 aromatic rings. The van der Waals surface area contributed by atoms with E-state index in [4.69, 9.17) is 5.26 Å². The summed E-state index contributed by atoms with van der Waals surface area (Å²) in [5.74, 6) is -1.78. The first-order chi connectivity index (χ1) is 9.44. The van der Waals surface area contributed by atoms with E-state index in [0.29, 0.717) is 5.56 Å². The lowest BCUT2D eigenvalue weighted by Gasteiger charge is -2.39. The van der Waals surface area contributed by atoms with Crippen LogP contribution in [-0.2, 0) is 20.9 Å². The maximum absolute atomic E-state index is 12.2. The number of rotatable bonds is 3. The molecule has 1 fully saturated rings. The number of barbiturate groups is 1. The van der Waals surface area contributed by atoms with Crippen LogP contribution in [0.4, 0.5) is 4.79 Å². The summed E-state index contributed by atoms with van der Waals surface area (Å²) in [6.07, 6.45) is -0.163. The van der Waals surface area contributed by atoms with E-state index >= 15 is 0 Å². The number of imide groups is 2. The zero-order valence-electron chi connectivity index (χ0n) is 11.1. The molecule has 1 aliphatic heterocycles. The van der Waals surface area contributed by atoms with Gasteiger partial charge in [0.15, 0.2) is 0 Å². The molecular formula is C13H14N2O5. The number of hydrogen-bond acceptors (Lipinski definition) is 5. The predicted octanol–water partition coefficient (Wildman–Crippen LogP) is 0.508. The van der Waals surface area contributed by atoms with Crippen molar-refractivity contribution in [3.05, 3.63) is 35.9 Å². The van der Waals surface area contributed by atoms with Crippen LogP contribution in [0, 0.1) is 0 Å². The van der Waals surface area contributed by atoms with E-state index in [1.807, 2.05) is 0 Å². The Morgan fingerprint density at radius 3 is 2.00 bits per heavy atom. The summed E-state index contributed by atoms with van der Waals surface area (Å²) >= 11 is 0. The maximum Gasteiger partial charge on any atom is 0.333 e. The van der Waals surface area contributed by atoms with E-state index in [-0.39, 0.29) is 6.42 Å². The lowest BCUT2D eigenvalue weighted by Crippen LogP contribution is -2.68. The van der Waals surface area contributed by atoms with Gasteiger partial charge in [0, 0.05) is 20.5 Å². The molecule has 0 aromatic heterocycles. The van der Waals surface area contributed by atoms with E-state index in [9.17, 15) is 14.4 Å². The van der Waals surface area contributed by atoms with Gasteiger partial charge in [-0.1, -0.05) is 30.3 Å². The molecule has 0 unspecified atom stereocenters. The Balaban J connectivity index is 2.44.